The van der Waals surface area contributed by atoms with E-state index in [1.54, 1.807) is 36.3 Å². The fourth-order valence-corrected chi connectivity index (χ4v) is 5.49. The van der Waals surface area contributed by atoms with Crippen LogP contribution in [0.15, 0.2) is 42.0 Å². The van der Waals surface area contributed by atoms with Gasteiger partial charge in [-0.2, -0.15) is 0 Å². The first-order valence-electron chi connectivity index (χ1n) is 15.5. The normalized spacial score (nSPS) is 18.7. The van der Waals surface area contributed by atoms with E-state index in [2.05, 4.69) is 18.7 Å². The number of likely N-dealkylation sites (tertiary alicyclic amines) is 1. The number of carbonyl (C=O) groups excluding carboxylic acids is 2. The number of aliphatic hydroxyl groups excluding tert-OH is 1. The van der Waals surface area contributed by atoms with Crippen molar-refractivity contribution < 1.29 is 33.6 Å². The molecule has 2 heterocycles. The molecular formula is C34H46N2O7. The molecule has 4 rings (SSSR count). The van der Waals surface area contributed by atoms with Crippen molar-refractivity contribution in [1.29, 1.82) is 0 Å². The van der Waals surface area contributed by atoms with E-state index in [9.17, 15) is 14.7 Å². The molecule has 0 radical (unpaired) electrons. The molecule has 2 aromatic carbocycles. The van der Waals surface area contributed by atoms with Gasteiger partial charge in [-0.3, -0.25) is 14.5 Å². The summed E-state index contributed by atoms with van der Waals surface area (Å²) in [4.78, 5) is 31.0. The second-order valence-corrected chi connectivity index (χ2v) is 11.1. The molecule has 0 bridgehead atoms. The van der Waals surface area contributed by atoms with Gasteiger partial charge < -0.3 is 29.0 Å². The molecule has 9 heteroatoms. The van der Waals surface area contributed by atoms with Crippen molar-refractivity contribution in [2.45, 2.75) is 58.9 Å². The lowest BCUT2D eigenvalue weighted by atomic mass is 9.94. The van der Waals surface area contributed by atoms with Crippen molar-refractivity contribution in [3.8, 4) is 17.2 Å². The Hall–Kier alpha value is -3.56. The lowest BCUT2D eigenvalue weighted by molar-refractivity contribution is -0.140. The summed E-state index contributed by atoms with van der Waals surface area (Å²) in [5, 5.41) is 11.6. The van der Waals surface area contributed by atoms with E-state index in [4.69, 9.17) is 18.9 Å². The maximum Gasteiger partial charge on any atom is 0.295 e. The fourth-order valence-electron chi connectivity index (χ4n) is 5.49. The van der Waals surface area contributed by atoms with Gasteiger partial charge in [0.05, 0.1) is 45.2 Å². The van der Waals surface area contributed by atoms with Crippen LogP contribution in [0, 0.1) is 6.92 Å². The van der Waals surface area contributed by atoms with Crippen LogP contribution in [-0.2, 0) is 14.3 Å². The van der Waals surface area contributed by atoms with Crippen molar-refractivity contribution in [2.75, 3.05) is 59.7 Å². The Morgan fingerprint density at radius 1 is 0.907 bits per heavy atom. The van der Waals surface area contributed by atoms with E-state index in [-0.39, 0.29) is 11.3 Å². The highest BCUT2D eigenvalue weighted by molar-refractivity contribution is 6.46. The van der Waals surface area contributed by atoms with E-state index < -0.39 is 17.7 Å². The third-order valence-electron chi connectivity index (χ3n) is 7.98. The van der Waals surface area contributed by atoms with Gasteiger partial charge >= 0.3 is 0 Å². The number of aryl methyl sites for hydroxylation is 1. The van der Waals surface area contributed by atoms with Crippen LogP contribution in [0.5, 0.6) is 17.2 Å². The van der Waals surface area contributed by atoms with Gasteiger partial charge in [-0.15, -0.1) is 0 Å². The average Bonchev–Trinajstić information content (AvgIpc) is 3.27. The van der Waals surface area contributed by atoms with Gasteiger partial charge in [-0.05, 0) is 67.6 Å². The van der Waals surface area contributed by atoms with Gasteiger partial charge in [0.25, 0.3) is 11.7 Å². The Labute approximate surface area is 255 Å². The quantitative estimate of drug-likeness (QED) is 0.125. The number of ether oxygens (including phenoxy) is 4. The van der Waals surface area contributed by atoms with Gasteiger partial charge in [0.2, 0.25) is 0 Å². The van der Waals surface area contributed by atoms with Crippen LogP contribution in [-0.4, -0.2) is 86.3 Å². The minimum atomic E-state index is -0.774. The summed E-state index contributed by atoms with van der Waals surface area (Å²) >= 11 is 0. The molecule has 0 spiro atoms. The molecule has 9 nitrogen and oxygen atoms in total. The maximum atomic E-state index is 13.6. The largest absolute Gasteiger partial charge is 0.507 e. The van der Waals surface area contributed by atoms with Crippen LogP contribution in [0.4, 0.5) is 0 Å². The molecule has 43 heavy (non-hydrogen) atoms. The predicted octanol–water partition coefficient (Wildman–Crippen LogP) is 5.51. The Kier molecular flexibility index (Phi) is 11.9. The average molecular weight is 595 g/mol. The van der Waals surface area contributed by atoms with Crippen LogP contribution in [0.2, 0.25) is 0 Å². The number of hydrogen-bond acceptors (Lipinski definition) is 8. The lowest BCUT2D eigenvalue weighted by Crippen LogP contribution is -2.39. The standard InChI is InChI=1S/C34H46N2O7/c1-5-7-18-42-27-12-11-26(22-24(27)3)32(37)30-31(25-10-13-28(29(23-25)40-4)43-19-8-6-2)36(34(39)33(30)38)15-9-14-35-16-20-41-21-17-35/h10-13,22-23,31,37H,5-9,14-21H2,1-4H3. The van der Waals surface area contributed by atoms with Crippen LogP contribution >= 0.6 is 0 Å². The summed E-state index contributed by atoms with van der Waals surface area (Å²) in [7, 11) is 1.57. The molecule has 2 aliphatic heterocycles. The third-order valence-corrected chi connectivity index (χ3v) is 7.98. The Morgan fingerprint density at radius 3 is 2.23 bits per heavy atom. The van der Waals surface area contributed by atoms with Gasteiger partial charge in [0, 0.05) is 31.7 Å². The molecule has 2 saturated heterocycles. The number of Topliss-reactive ketones (excluding diaryl/α,β-unsaturated/α-hetero) is 1. The van der Waals surface area contributed by atoms with Crippen LogP contribution in [0.1, 0.15) is 68.7 Å². The summed E-state index contributed by atoms with van der Waals surface area (Å²) in [6.07, 6.45) is 4.58. The van der Waals surface area contributed by atoms with Crippen molar-refractivity contribution >= 4 is 17.4 Å². The number of aliphatic hydroxyl groups is 1. The number of amides is 1. The van der Waals surface area contributed by atoms with Crippen molar-refractivity contribution in [1.82, 2.24) is 9.80 Å². The Balaban J connectivity index is 1.69. The number of ketones is 1. The van der Waals surface area contributed by atoms with Gasteiger partial charge in [-0.25, -0.2) is 0 Å². The molecular weight excluding hydrogens is 548 g/mol. The first kappa shape index (κ1) is 32.4. The number of methoxy groups -OCH3 is 1. The fraction of sp³-hybridized carbons (Fsp3) is 0.529. The molecule has 2 aromatic rings. The minimum absolute atomic E-state index is 0.0668. The van der Waals surface area contributed by atoms with E-state index in [0.29, 0.717) is 62.0 Å². The predicted molar refractivity (Wildman–Crippen MR) is 166 cm³/mol. The number of hydrogen-bond donors (Lipinski definition) is 1. The minimum Gasteiger partial charge on any atom is -0.507 e. The number of morpholine rings is 1. The summed E-state index contributed by atoms with van der Waals surface area (Å²) < 4.78 is 22.9. The molecule has 234 valence electrons. The molecule has 2 aliphatic rings. The van der Waals surface area contributed by atoms with E-state index in [1.807, 2.05) is 19.1 Å². The Morgan fingerprint density at radius 2 is 1.58 bits per heavy atom. The van der Waals surface area contributed by atoms with Crippen molar-refractivity contribution in [3.63, 3.8) is 0 Å². The zero-order valence-electron chi connectivity index (χ0n) is 26.0. The monoisotopic (exact) mass is 594 g/mol. The SMILES string of the molecule is CCCCOc1ccc(C(O)=C2C(=O)C(=O)N(CCCN3CCOCC3)C2c2ccc(OCCCC)c(OC)c2)cc1C. The molecule has 0 saturated carbocycles. The van der Waals surface area contributed by atoms with Crippen molar-refractivity contribution in [2.24, 2.45) is 0 Å². The number of benzene rings is 2. The highest BCUT2D eigenvalue weighted by Gasteiger charge is 2.46. The molecule has 2 fully saturated rings. The number of unbranched alkanes of at least 4 members (excludes halogenated alkanes) is 2. The number of rotatable bonds is 15. The summed E-state index contributed by atoms with van der Waals surface area (Å²) in [6, 6.07) is 10.0. The second kappa shape index (κ2) is 15.8. The zero-order valence-corrected chi connectivity index (χ0v) is 26.0. The number of carbonyl (C=O) groups is 2. The second-order valence-electron chi connectivity index (χ2n) is 11.1. The number of nitrogens with zero attached hydrogens (tertiary/aromatic N) is 2. The maximum absolute atomic E-state index is 13.6. The van der Waals surface area contributed by atoms with Crippen LogP contribution in [0.25, 0.3) is 5.76 Å². The lowest BCUT2D eigenvalue weighted by Gasteiger charge is -2.29. The van der Waals surface area contributed by atoms with E-state index >= 15 is 0 Å². The third kappa shape index (κ3) is 7.89. The highest BCUT2D eigenvalue weighted by Crippen LogP contribution is 2.42. The smallest absolute Gasteiger partial charge is 0.295 e. The summed E-state index contributed by atoms with van der Waals surface area (Å²) in [5.74, 6) is 0.317. The topological polar surface area (TPSA) is 97.8 Å². The first-order chi connectivity index (χ1) is 20.9. The zero-order chi connectivity index (χ0) is 30.8. The summed E-state index contributed by atoms with van der Waals surface area (Å²) in [6.45, 7) is 11.5. The van der Waals surface area contributed by atoms with Crippen LogP contribution < -0.4 is 14.2 Å². The first-order valence-corrected chi connectivity index (χ1v) is 15.5. The Bertz CT molecular complexity index is 1290. The molecule has 0 aliphatic carbocycles. The van der Waals surface area contributed by atoms with Gasteiger partial charge in [0.15, 0.2) is 11.5 Å². The molecule has 1 unspecified atom stereocenters. The summed E-state index contributed by atoms with van der Waals surface area (Å²) in [5.41, 5.74) is 2.04. The molecule has 1 amide bonds. The van der Waals surface area contributed by atoms with Gasteiger partial charge in [-0.1, -0.05) is 32.8 Å². The van der Waals surface area contributed by atoms with E-state index in [0.717, 1.165) is 56.6 Å². The highest BCUT2D eigenvalue weighted by atomic mass is 16.5. The van der Waals surface area contributed by atoms with Crippen LogP contribution in [0.3, 0.4) is 0 Å². The van der Waals surface area contributed by atoms with Gasteiger partial charge in [0.1, 0.15) is 11.5 Å². The van der Waals surface area contributed by atoms with E-state index in [1.165, 1.54) is 0 Å². The van der Waals surface area contributed by atoms with Crippen molar-refractivity contribution in [3.05, 3.63) is 58.7 Å². The molecule has 1 N–H and O–H groups in total. The molecule has 0 aromatic heterocycles. The molecule has 1 atom stereocenters.